The molecule has 4 aromatic rings. The average Bonchev–Trinajstić information content (AvgIpc) is 3.04. The van der Waals surface area contributed by atoms with Gasteiger partial charge in [-0.2, -0.15) is 0 Å². The van der Waals surface area contributed by atoms with Crippen molar-refractivity contribution in [2.75, 3.05) is 0 Å². The van der Waals surface area contributed by atoms with Crippen molar-refractivity contribution >= 4 is 22.4 Å². The van der Waals surface area contributed by atoms with Crippen LogP contribution in [0.5, 0.6) is 0 Å². The number of hydrogen-bond donors (Lipinski definition) is 0. The van der Waals surface area contributed by atoms with E-state index in [0.717, 1.165) is 35.3 Å². The van der Waals surface area contributed by atoms with Crippen LogP contribution in [0.3, 0.4) is 0 Å². The number of nitrogens with zero attached hydrogens (tertiary/aromatic N) is 2. The first-order chi connectivity index (χ1) is 11.4. The molecule has 4 rings (SSSR count). The molecule has 0 amide bonds. The second-order valence-electron chi connectivity index (χ2n) is 5.58. The van der Waals surface area contributed by atoms with Gasteiger partial charge in [0.2, 0.25) is 0 Å². The normalized spacial score (nSPS) is 11.0. The van der Waals surface area contributed by atoms with Gasteiger partial charge in [-0.05, 0) is 11.1 Å². The standard InChI is InChI=1S/C20H16N2S/c1-3-7-15(8-4-1)11-17-18(12-16-9-5-2-6-10-16)22-20-14-23-13-19(20)21-17/h1-10,13-14H,11-12H2. The van der Waals surface area contributed by atoms with E-state index in [0.29, 0.717) is 0 Å². The highest BCUT2D eigenvalue weighted by Gasteiger charge is 2.11. The third kappa shape index (κ3) is 3.15. The fourth-order valence-corrected chi connectivity index (χ4v) is 3.41. The van der Waals surface area contributed by atoms with Crippen LogP contribution in [0.4, 0.5) is 0 Å². The van der Waals surface area contributed by atoms with E-state index in [4.69, 9.17) is 9.97 Å². The van der Waals surface area contributed by atoms with Gasteiger partial charge in [0.1, 0.15) is 0 Å². The zero-order chi connectivity index (χ0) is 15.5. The maximum Gasteiger partial charge on any atom is 0.0997 e. The molecule has 0 saturated heterocycles. The van der Waals surface area contributed by atoms with Gasteiger partial charge in [0.15, 0.2) is 0 Å². The number of thiophene rings is 1. The summed E-state index contributed by atoms with van der Waals surface area (Å²) in [7, 11) is 0. The summed E-state index contributed by atoms with van der Waals surface area (Å²) >= 11 is 1.66. The molecule has 0 aliphatic rings. The van der Waals surface area contributed by atoms with Gasteiger partial charge >= 0.3 is 0 Å². The van der Waals surface area contributed by atoms with Crippen molar-refractivity contribution in [1.29, 1.82) is 0 Å². The minimum absolute atomic E-state index is 0.821. The van der Waals surface area contributed by atoms with Crippen molar-refractivity contribution in [3.8, 4) is 0 Å². The molecule has 0 aliphatic heterocycles. The van der Waals surface area contributed by atoms with E-state index in [9.17, 15) is 0 Å². The predicted molar refractivity (Wildman–Crippen MR) is 95.9 cm³/mol. The molecule has 2 aromatic heterocycles. The minimum atomic E-state index is 0.821. The summed E-state index contributed by atoms with van der Waals surface area (Å²) in [5.41, 5.74) is 6.68. The van der Waals surface area contributed by atoms with Crippen molar-refractivity contribution in [1.82, 2.24) is 9.97 Å². The third-order valence-electron chi connectivity index (χ3n) is 3.89. The van der Waals surface area contributed by atoms with Crippen molar-refractivity contribution in [3.05, 3.63) is 93.9 Å². The topological polar surface area (TPSA) is 25.8 Å². The van der Waals surface area contributed by atoms with E-state index >= 15 is 0 Å². The van der Waals surface area contributed by atoms with E-state index in [2.05, 4.69) is 59.3 Å². The number of rotatable bonds is 4. The van der Waals surface area contributed by atoms with E-state index in [1.807, 2.05) is 12.1 Å². The maximum atomic E-state index is 4.87. The molecule has 0 saturated carbocycles. The van der Waals surface area contributed by atoms with E-state index in [-0.39, 0.29) is 0 Å². The molecule has 0 unspecified atom stereocenters. The Morgan fingerprint density at radius 2 is 1.04 bits per heavy atom. The van der Waals surface area contributed by atoms with Gasteiger partial charge in [-0.3, -0.25) is 0 Å². The molecular weight excluding hydrogens is 300 g/mol. The van der Waals surface area contributed by atoms with Gasteiger partial charge in [-0.1, -0.05) is 60.7 Å². The van der Waals surface area contributed by atoms with Crippen molar-refractivity contribution < 1.29 is 0 Å². The first-order valence-corrected chi connectivity index (χ1v) is 8.62. The fraction of sp³-hybridized carbons (Fsp3) is 0.100. The summed E-state index contributed by atoms with van der Waals surface area (Å²) in [6.45, 7) is 0. The van der Waals surface area contributed by atoms with E-state index in [1.54, 1.807) is 11.3 Å². The van der Waals surface area contributed by atoms with Crippen LogP contribution in [-0.2, 0) is 12.8 Å². The summed E-state index contributed by atoms with van der Waals surface area (Å²) in [6.07, 6.45) is 1.64. The highest BCUT2D eigenvalue weighted by atomic mass is 32.1. The molecule has 2 aromatic carbocycles. The molecule has 0 fully saturated rings. The van der Waals surface area contributed by atoms with Gasteiger partial charge in [-0.15, -0.1) is 11.3 Å². The first-order valence-electron chi connectivity index (χ1n) is 7.68. The van der Waals surface area contributed by atoms with E-state index < -0.39 is 0 Å². The van der Waals surface area contributed by atoms with Crippen LogP contribution in [0.1, 0.15) is 22.5 Å². The quantitative estimate of drug-likeness (QED) is 0.536. The zero-order valence-electron chi connectivity index (χ0n) is 12.6. The van der Waals surface area contributed by atoms with Crippen LogP contribution in [-0.4, -0.2) is 9.97 Å². The lowest BCUT2D eigenvalue weighted by Gasteiger charge is -2.09. The largest absolute Gasteiger partial charge is 0.248 e. The molecule has 23 heavy (non-hydrogen) atoms. The Hall–Kier alpha value is -2.52. The molecule has 2 heterocycles. The van der Waals surface area contributed by atoms with E-state index in [1.165, 1.54) is 11.1 Å². The third-order valence-corrected chi connectivity index (χ3v) is 4.61. The first kappa shape index (κ1) is 14.1. The lowest BCUT2D eigenvalue weighted by atomic mass is 10.0. The smallest absolute Gasteiger partial charge is 0.0997 e. The summed E-state index contributed by atoms with van der Waals surface area (Å²) in [5.74, 6) is 0. The molecule has 0 N–H and O–H groups in total. The zero-order valence-corrected chi connectivity index (χ0v) is 13.5. The average molecular weight is 316 g/mol. The molecule has 0 aliphatic carbocycles. The SMILES string of the molecule is c1ccc(Cc2nc3cscc3nc2Cc2ccccc2)cc1. The van der Waals surface area contributed by atoms with Crippen LogP contribution < -0.4 is 0 Å². The number of aromatic nitrogens is 2. The lowest BCUT2D eigenvalue weighted by molar-refractivity contribution is 0.971. The fourth-order valence-electron chi connectivity index (χ4n) is 2.73. The molecule has 0 spiro atoms. The van der Waals surface area contributed by atoms with Crippen LogP contribution >= 0.6 is 11.3 Å². The molecule has 0 radical (unpaired) electrons. The van der Waals surface area contributed by atoms with Crippen molar-refractivity contribution in [2.45, 2.75) is 12.8 Å². The molecule has 2 nitrogen and oxygen atoms in total. The van der Waals surface area contributed by atoms with Gasteiger partial charge in [0, 0.05) is 23.6 Å². The molecule has 112 valence electrons. The monoisotopic (exact) mass is 316 g/mol. The Morgan fingerprint density at radius 3 is 1.48 bits per heavy atom. The predicted octanol–water partition coefficient (Wildman–Crippen LogP) is 4.87. The Bertz CT molecular complexity index is 839. The molecular formula is C20H16N2S. The molecule has 0 atom stereocenters. The van der Waals surface area contributed by atoms with Crippen LogP contribution in [0.2, 0.25) is 0 Å². The summed E-state index contributed by atoms with van der Waals surface area (Å²) < 4.78 is 0. The Balaban J connectivity index is 1.75. The lowest BCUT2D eigenvalue weighted by Crippen LogP contribution is -2.03. The Morgan fingerprint density at radius 1 is 0.609 bits per heavy atom. The van der Waals surface area contributed by atoms with Crippen molar-refractivity contribution in [3.63, 3.8) is 0 Å². The number of fused-ring (bicyclic) bond motifs is 1. The number of hydrogen-bond acceptors (Lipinski definition) is 3. The number of benzene rings is 2. The van der Waals surface area contributed by atoms with Crippen molar-refractivity contribution in [2.24, 2.45) is 0 Å². The van der Waals surface area contributed by atoms with Gasteiger partial charge in [0.25, 0.3) is 0 Å². The summed E-state index contributed by atoms with van der Waals surface area (Å²) in [6, 6.07) is 21.0. The van der Waals surface area contributed by atoms with Gasteiger partial charge in [-0.25, -0.2) is 9.97 Å². The molecule has 3 heteroatoms. The summed E-state index contributed by atoms with van der Waals surface area (Å²) in [4.78, 5) is 9.75. The maximum absolute atomic E-state index is 4.87. The minimum Gasteiger partial charge on any atom is -0.248 e. The second-order valence-corrected chi connectivity index (χ2v) is 6.33. The highest BCUT2D eigenvalue weighted by molar-refractivity contribution is 7.09. The van der Waals surface area contributed by atoms with Gasteiger partial charge in [0.05, 0.1) is 22.4 Å². The molecule has 0 bridgehead atoms. The highest BCUT2D eigenvalue weighted by Crippen LogP contribution is 2.21. The van der Waals surface area contributed by atoms with Crippen LogP contribution in [0, 0.1) is 0 Å². The van der Waals surface area contributed by atoms with Gasteiger partial charge < -0.3 is 0 Å². The van der Waals surface area contributed by atoms with Crippen LogP contribution in [0.25, 0.3) is 11.0 Å². The Labute approximate surface area is 139 Å². The Kier molecular flexibility index (Phi) is 3.86. The van der Waals surface area contributed by atoms with Crippen LogP contribution in [0.15, 0.2) is 71.4 Å². The second kappa shape index (κ2) is 6.31. The summed E-state index contributed by atoms with van der Waals surface area (Å²) in [5, 5.41) is 4.15.